The summed E-state index contributed by atoms with van der Waals surface area (Å²) in [6.07, 6.45) is 4.87. The van der Waals surface area contributed by atoms with Crippen molar-refractivity contribution in [2.75, 3.05) is 11.9 Å². The Morgan fingerprint density at radius 3 is 2.63 bits per heavy atom. The Bertz CT molecular complexity index is 468. The average Bonchev–Trinajstić information content (AvgIpc) is 2.37. The van der Waals surface area contributed by atoms with E-state index >= 15 is 0 Å². The normalized spacial score (nSPS) is 18.0. The average molecular weight is 264 g/mol. The van der Waals surface area contributed by atoms with E-state index in [0.29, 0.717) is 12.2 Å². The zero-order chi connectivity index (χ0) is 13.9. The maximum atomic E-state index is 10.8. The van der Waals surface area contributed by atoms with Crippen LogP contribution in [0.4, 0.5) is 11.4 Å². The molecule has 0 atom stereocenters. The van der Waals surface area contributed by atoms with Gasteiger partial charge in [-0.05, 0) is 31.4 Å². The number of hydrogen-bond donors (Lipinski definition) is 2. The standard InChI is InChI=1S/C14H20N2O3/c1-11-7-12(9-13(8-11)16(18)19)15-10-14(17)5-3-2-4-6-14/h7-9,15,17H,2-6,10H2,1H3. The van der Waals surface area contributed by atoms with Gasteiger partial charge in [-0.25, -0.2) is 0 Å². The summed E-state index contributed by atoms with van der Waals surface area (Å²) in [6.45, 7) is 2.28. The van der Waals surface area contributed by atoms with Crippen molar-refractivity contribution < 1.29 is 10.0 Å². The summed E-state index contributed by atoms with van der Waals surface area (Å²) in [7, 11) is 0. The highest BCUT2D eigenvalue weighted by molar-refractivity contribution is 5.54. The quantitative estimate of drug-likeness (QED) is 0.647. The number of nitro benzene ring substituents is 1. The summed E-state index contributed by atoms with van der Waals surface area (Å²) in [5, 5.41) is 24.3. The lowest BCUT2D eigenvalue weighted by atomic mass is 9.85. The molecular weight excluding hydrogens is 244 g/mol. The van der Waals surface area contributed by atoms with E-state index in [1.165, 1.54) is 12.5 Å². The maximum Gasteiger partial charge on any atom is 0.271 e. The number of aliphatic hydroxyl groups is 1. The largest absolute Gasteiger partial charge is 0.388 e. The zero-order valence-electron chi connectivity index (χ0n) is 11.2. The summed E-state index contributed by atoms with van der Waals surface area (Å²) in [5.41, 5.74) is 0.952. The molecule has 0 bridgehead atoms. The zero-order valence-corrected chi connectivity index (χ0v) is 11.2. The summed E-state index contributed by atoms with van der Waals surface area (Å²) < 4.78 is 0. The molecule has 0 amide bonds. The van der Waals surface area contributed by atoms with Gasteiger partial charge < -0.3 is 10.4 Å². The smallest absolute Gasteiger partial charge is 0.271 e. The minimum absolute atomic E-state index is 0.0816. The van der Waals surface area contributed by atoms with Gasteiger partial charge in [-0.3, -0.25) is 10.1 Å². The van der Waals surface area contributed by atoms with E-state index in [1.54, 1.807) is 6.07 Å². The van der Waals surface area contributed by atoms with Crippen molar-refractivity contribution in [2.45, 2.75) is 44.6 Å². The second-order valence-electron chi connectivity index (χ2n) is 5.45. The molecule has 5 heteroatoms. The van der Waals surface area contributed by atoms with E-state index in [0.717, 1.165) is 31.2 Å². The molecule has 1 aliphatic carbocycles. The number of nitrogens with one attached hydrogen (secondary N) is 1. The Labute approximate surface area is 112 Å². The van der Waals surface area contributed by atoms with Crippen molar-refractivity contribution >= 4 is 11.4 Å². The van der Waals surface area contributed by atoms with Crippen molar-refractivity contribution in [3.05, 3.63) is 33.9 Å². The molecule has 0 spiro atoms. The Balaban J connectivity index is 2.04. The molecule has 1 aliphatic rings. The van der Waals surface area contributed by atoms with Crippen molar-refractivity contribution in [3.63, 3.8) is 0 Å². The SMILES string of the molecule is Cc1cc(NCC2(O)CCCCC2)cc([N+](=O)[O-])c1. The van der Waals surface area contributed by atoms with E-state index in [9.17, 15) is 15.2 Å². The van der Waals surface area contributed by atoms with Crippen LogP contribution >= 0.6 is 0 Å². The minimum Gasteiger partial charge on any atom is -0.388 e. The van der Waals surface area contributed by atoms with Crippen LogP contribution in [-0.2, 0) is 0 Å². The first-order chi connectivity index (χ1) is 8.98. The molecule has 0 aromatic heterocycles. The van der Waals surface area contributed by atoms with Crippen molar-refractivity contribution in [1.29, 1.82) is 0 Å². The van der Waals surface area contributed by atoms with E-state index in [2.05, 4.69) is 5.32 Å². The predicted octanol–water partition coefficient (Wildman–Crippen LogP) is 3.01. The summed E-state index contributed by atoms with van der Waals surface area (Å²) >= 11 is 0. The Morgan fingerprint density at radius 1 is 1.32 bits per heavy atom. The van der Waals surface area contributed by atoms with Crippen LogP contribution in [0.5, 0.6) is 0 Å². The second-order valence-corrected chi connectivity index (χ2v) is 5.45. The van der Waals surface area contributed by atoms with Crippen molar-refractivity contribution in [1.82, 2.24) is 0 Å². The fourth-order valence-corrected chi connectivity index (χ4v) is 2.62. The van der Waals surface area contributed by atoms with Crippen LogP contribution in [0.3, 0.4) is 0 Å². The molecule has 0 aliphatic heterocycles. The predicted molar refractivity (Wildman–Crippen MR) is 74.4 cm³/mol. The number of rotatable bonds is 4. The van der Waals surface area contributed by atoms with E-state index in [1.807, 2.05) is 13.0 Å². The van der Waals surface area contributed by atoms with Crippen LogP contribution in [0.25, 0.3) is 0 Å². The Morgan fingerprint density at radius 2 is 2.00 bits per heavy atom. The second kappa shape index (κ2) is 5.57. The van der Waals surface area contributed by atoms with E-state index in [4.69, 9.17) is 0 Å². The van der Waals surface area contributed by atoms with E-state index < -0.39 is 10.5 Å². The summed E-state index contributed by atoms with van der Waals surface area (Å²) in [6, 6.07) is 4.92. The van der Waals surface area contributed by atoms with Crippen LogP contribution < -0.4 is 5.32 Å². The monoisotopic (exact) mass is 264 g/mol. The van der Waals surface area contributed by atoms with Crippen molar-refractivity contribution in [2.24, 2.45) is 0 Å². The lowest BCUT2D eigenvalue weighted by Gasteiger charge is -2.32. The molecular formula is C14H20N2O3. The van der Waals surface area contributed by atoms with Gasteiger partial charge in [0.1, 0.15) is 0 Å². The topological polar surface area (TPSA) is 75.4 Å². The molecule has 1 aromatic rings. The van der Waals surface area contributed by atoms with Crippen molar-refractivity contribution in [3.8, 4) is 0 Å². The molecule has 0 heterocycles. The van der Waals surface area contributed by atoms with Crippen LogP contribution in [-0.4, -0.2) is 22.2 Å². The van der Waals surface area contributed by atoms with Gasteiger partial charge in [0.25, 0.3) is 5.69 Å². The van der Waals surface area contributed by atoms with Gasteiger partial charge in [-0.15, -0.1) is 0 Å². The third-order valence-corrected chi connectivity index (χ3v) is 3.68. The Kier molecular flexibility index (Phi) is 4.04. The molecule has 1 aromatic carbocycles. The fourth-order valence-electron chi connectivity index (χ4n) is 2.62. The number of benzene rings is 1. The number of non-ortho nitro benzene ring substituents is 1. The first-order valence-electron chi connectivity index (χ1n) is 6.71. The van der Waals surface area contributed by atoms with E-state index in [-0.39, 0.29) is 5.69 Å². The molecule has 5 nitrogen and oxygen atoms in total. The summed E-state index contributed by atoms with van der Waals surface area (Å²) in [4.78, 5) is 10.4. The molecule has 19 heavy (non-hydrogen) atoms. The first-order valence-corrected chi connectivity index (χ1v) is 6.71. The third-order valence-electron chi connectivity index (χ3n) is 3.68. The highest BCUT2D eigenvalue weighted by Gasteiger charge is 2.28. The van der Waals surface area contributed by atoms with Gasteiger partial charge in [0.05, 0.1) is 10.5 Å². The van der Waals surface area contributed by atoms with Crippen LogP contribution in [0.1, 0.15) is 37.7 Å². The van der Waals surface area contributed by atoms with Gasteiger partial charge in [-0.2, -0.15) is 0 Å². The first kappa shape index (κ1) is 13.8. The van der Waals surface area contributed by atoms with Gasteiger partial charge in [-0.1, -0.05) is 19.3 Å². The van der Waals surface area contributed by atoms with Crippen LogP contribution in [0.2, 0.25) is 0 Å². The fraction of sp³-hybridized carbons (Fsp3) is 0.571. The lowest BCUT2D eigenvalue weighted by molar-refractivity contribution is -0.384. The number of anilines is 1. The minimum atomic E-state index is -0.670. The molecule has 104 valence electrons. The molecule has 1 saturated carbocycles. The van der Waals surface area contributed by atoms with Crippen LogP contribution in [0, 0.1) is 17.0 Å². The van der Waals surface area contributed by atoms with Gasteiger partial charge >= 0.3 is 0 Å². The highest BCUT2D eigenvalue weighted by atomic mass is 16.6. The van der Waals surface area contributed by atoms with Crippen LogP contribution in [0.15, 0.2) is 18.2 Å². The third kappa shape index (κ3) is 3.67. The van der Waals surface area contributed by atoms with Gasteiger partial charge in [0.2, 0.25) is 0 Å². The highest BCUT2D eigenvalue weighted by Crippen LogP contribution is 2.29. The van der Waals surface area contributed by atoms with Gasteiger partial charge in [0.15, 0.2) is 0 Å². The molecule has 2 rings (SSSR count). The summed E-state index contributed by atoms with van der Waals surface area (Å²) in [5.74, 6) is 0. The molecule has 1 fully saturated rings. The molecule has 2 N–H and O–H groups in total. The molecule has 0 unspecified atom stereocenters. The maximum absolute atomic E-state index is 10.8. The molecule has 0 radical (unpaired) electrons. The lowest BCUT2D eigenvalue weighted by Crippen LogP contribution is -2.38. The number of aryl methyl sites for hydroxylation is 1. The number of nitrogens with zero attached hydrogens (tertiary/aromatic N) is 1. The Hall–Kier alpha value is -1.62. The number of hydrogen-bond acceptors (Lipinski definition) is 4. The van der Waals surface area contributed by atoms with Gasteiger partial charge in [0, 0.05) is 24.4 Å². The molecule has 0 saturated heterocycles. The number of nitro groups is 1.